The van der Waals surface area contributed by atoms with Gasteiger partial charge in [-0.3, -0.25) is 14.9 Å². The Bertz CT molecular complexity index is 1160. The topological polar surface area (TPSA) is 79.5 Å². The molecule has 168 valence electrons. The van der Waals surface area contributed by atoms with Gasteiger partial charge in [-0.15, -0.1) is 0 Å². The van der Waals surface area contributed by atoms with Gasteiger partial charge in [-0.2, -0.15) is 0 Å². The average Bonchev–Trinajstić information content (AvgIpc) is 2.83. The molecule has 3 rings (SSSR count). The molecule has 0 fully saturated rings. The second-order valence-corrected chi connectivity index (χ2v) is 7.58. The van der Waals surface area contributed by atoms with E-state index in [1.165, 1.54) is 6.08 Å². The number of amides is 2. The number of carbonyl (C=O) groups excluding carboxylic acids is 2. The first-order chi connectivity index (χ1) is 16.0. The molecule has 0 saturated heterocycles. The van der Waals surface area contributed by atoms with Crippen LogP contribution in [0.15, 0.2) is 84.9 Å². The maximum atomic E-state index is 12.9. The van der Waals surface area contributed by atoms with Crippen molar-refractivity contribution in [2.75, 3.05) is 12.4 Å². The Morgan fingerprint density at radius 3 is 2.36 bits per heavy atom. The summed E-state index contributed by atoms with van der Waals surface area (Å²) in [6.45, 7) is 1.92. The molecule has 0 bridgehead atoms. The fraction of sp³-hybridized carbons (Fsp3) is 0.115. The van der Waals surface area contributed by atoms with E-state index in [9.17, 15) is 9.59 Å². The van der Waals surface area contributed by atoms with Crippen LogP contribution in [-0.2, 0) is 4.79 Å². The van der Waals surface area contributed by atoms with Crippen molar-refractivity contribution >= 4 is 40.9 Å². The molecule has 0 heterocycles. The highest BCUT2D eigenvalue weighted by Crippen LogP contribution is 2.19. The third-order valence-corrected chi connectivity index (χ3v) is 5.06. The number of benzene rings is 3. The summed E-state index contributed by atoms with van der Waals surface area (Å²) >= 11 is 5.27. The Morgan fingerprint density at radius 2 is 1.61 bits per heavy atom. The van der Waals surface area contributed by atoms with Gasteiger partial charge in [0.2, 0.25) is 5.91 Å². The minimum Gasteiger partial charge on any atom is -0.496 e. The normalized spacial score (nSPS) is 11.5. The monoisotopic (exact) mass is 459 g/mol. The molecule has 33 heavy (non-hydrogen) atoms. The van der Waals surface area contributed by atoms with Crippen molar-refractivity contribution in [1.29, 1.82) is 0 Å². The standard InChI is InChI=1S/C26H25N3O3S/c1-18(19-10-4-3-5-11-19)27-25(31)21-13-7-8-14-22(21)28-26(33)29-24(30)17-16-20-12-6-9-15-23(20)32-2/h3-18H,1-2H3,(H,27,31)(H2,28,29,30,33). The van der Waals surface area contributed by atoms with Crippen LogP contribution in [0.2, 0.25) is 0 Å². The lowest BCUT2D eigenvalue weighted by atomic mass is 10.1. The highest BCUT2D eigenvalue weighted by molar-refractivity contribution is 7.80. The van der Waals surface area contributed by atoms with E-state index in [4.69, 9.17) is 17.0 Å². The highest BCUT2D eigenvalue weighted by atomic mass is 32.1. The van der Waals surface area contributed by atoms with Gasteiger partial charge >= 0.3 is 0 Å². The summed E-state index contributed by atoms with van der Waals surface area (Å²) in [6.07, 6.45) is 3.01. The Balaban J connectivity index is 1.62. The first-order valence-corrected chi connectivity index (χ1v) is 10.8. The predicted octanol–water partition coefficient (Wildman–Crippen LogP) is 4.71. The molecule has 0 aromatic heterocycles. The number of anilines is 1. The van der Waals surface area contributed by atoms with E-state index in [1.54, 1.807) is 37.5 Å². The van der Waals surface area contributed by atoms with Gasteiger partial charge in [-0.1, -0.05) is 60.7 Å². The van der Waals surface area contributed by atoms with Crippen LogP contribution in [0.5, 0.6) is 5.75 Å². The molecule has 7 heteroatoms. The molecule has 0 aliphatic rings. The van der Waals surface area contributed by atoms with E-state index in [1.807, 2.05) is 61.5 Å². The molecule has 3 N–H and O–H groups in total. The Hall–Kier alpha value is -3.97. The van der Waals surface area contributed by atoms with Gasteiger partial charge in [-0.05, 0) is 49.0 Å². The number of methoxy groups -OCH3 is 1. The van der Waals surface area contributed by atoms with Crippen molar-refractivity contribution in [2.24, 2.45) is 0 Å². The molecule has 3 aromatic rings. The molecular weight excluding hydrogens is 434 g/mol. The minimum atomic E-state index is -0.405. The number of hydrogen-bond donors (Lipinski definition) is 3. The van der Waals surface area contributed by atoms with Crippen LogP contribution < -0.4 is 20.7 Å². The summed E-state index contributed by atoms with van der Waals surface area (Å²) in [4.78, 5) is 25.2. The van der Waals surface area contributed by atoms with Crippen LogP contribution in [0.25, 0.3) is 6.08 Å². The zero-order chi connectivity index (χ0) is 23.6. The van der Waals surface area contributed by atoms with Gasteiger partial charge in [-0.25, -0.2) is 0 Å². The van der Waals surface area contributed by atoms with Gasteiger partial charge < -0.3 is 15.4 Å². The fourth-order valence-electron chi connectivity index (χ4n) is 3.17. The van der Waals surface area contributed by atoms with Crippen molar-refractivity contribution < 1.29 is 14.3 Å². The Morgan fingerprint density at radius 1 is 0.939 bits per heavy atom. The lowest BCUT2D eigenvalue weighted by molar-refractivity contribution is -0.115. The van der Waals surface area contributed by atoms with E-state index in [0.717, 1.165) is 11.1 Å². The van der Waals surface area contributed by atoms with E-state index >= 15 is 0 Å². The van der Waals surface area contributed by atoms with E-state index in [0.29, 0.717) is 17.0 Å². The summed E-state index contributed by atoms with van der Waals surface area (Å²) in [5.41, 5.74) is 2.68. The Labute approximate surface area is 198 Å². The van der Waals surface area contributed by atoms with Crippen LogP contribution in [0.3, 0.4) is 0 Å². The van der Waals surface area contributed by atoms with Crippen LogP contribution in [0.1, 0.15) is 34.5 Å². The first kappa shape index (κ1) is 23.7. The van der Waals surface area contributed by atoms with Crippen molar-refractivity contribution in [3.8, 4) is 5.75 Å². The van der Waals surface area contributed by atoms with Crippen LogP contribution in [-0.4, -0.2) is 24.0 Å². The molecule has 0 aliphatic carbocycles. The number of para-hydroxylation sites is 2. The number of nitrogens with one attached hydrogen (secondary N) is 3. The van der Waals surface area contributed by atoms with E-state index in [2.05, 4.69) is 16.0 Å². The van der Waals surface area contributed by atoms with Gasteiger partial charge in [0, 0.05) is 11.6 Å². The van der Waals surface area contributed by atoms with Gasteiger partial charge in [0.25, 0.3) is 5.91 Å². The van der Waals surface area contributed by atoms with Gasteiger partial charge in [0.15, 0.2) is 5.11 Å². The van der Waals surface area contributed by atoms with E-state index < -0.39 is 5.91 Å². The maximum absolute atomic E-state index is 12.9. The molecule has 0 aliphatic heterocycles. The largest absolute Gasteiger partial charge is 0.496 e. The second-order valence-electron chi connectivity index (χ2n) is 7.17. The predicted molar refractivity (Wildman–Crippen MR) is 135 cm³/mol. The summed E-state index contributed by atoms with van der Waals surface area (Å²) in [7, 11) is 1.57. The highest BCUT2D eigenvalue weighted by Gasteiger charge is 2.15. The summed E-state index contributed by atoms with van der Waals surface area (Å²) in [6, 6.07) is 23.9. The summed E-state index contributed by atoms with van der Waals surface area (Å²) in [5, 5.41) is 8.60. The fourth-order valence-corrected chi connectivity index (χ4v) is 3.38. The van der Waals surface area contributed by atoms with Crippen molar-refractivity contribution in [3.63, 3.8) is 0 Å². The molecule has 0 spiro atoms. The summed E-state index contributed by atoms with van der Waals surface area (Å²) < 4.78 is 5.27. The molecule has 0 saturated carbocycles. The third-order valence-electron chi connectivity index (χ3n) is 4.86. The smallest absolute Gasteiger partial charge is 0.253 e. The summed E-state index contributed by atoms with van der Waals surface area (Å²) in [5.74, 6) is 0.00427. The number of carbonyl (C=O) groups is 2. The molecule has 1 unspecified atom stereocenters. The lowest BCUT2D eigenvalue weighted by Gasteiger charge is -2.17. The van der Waals surface area contributed by atoms with E-state index in [-0.39, 0.29) is 17.1 Å². The third kappa shape index (κ3) is 6.75. The lowest BCUT2D eigenvalue weighted by Crippen LogP contribution is -2.34. The molecule has 2 amide bonds. The Kier molecular flexibility index (Phi) is 8.32. The quantitative estimate of drug-likeness (QED) is 0.352. The van der Waals surface area contributed by atoms with Gasteiger partial charge in [0.05, 0.1) is 24.4 Å². The second kappa shape index (κ2) is 11.6. The molecule has 6 nitrogen and oxygen atoms in total. The maximum Gasteiger partial charge on any atom is 0.253 e. The molecule has 3 aromatic carbocycles. The van der Waals surface area contributed by atoms with Crippen molar-refractivity contribution in [1.82, 2.24) is 10.6 Å². The number of hydrogen-bond acceptors (Lipinski definition) is 4. The number of rotatable bonds is 7. The van der Waals surface area contributed by atoms with Crippen molar-refractivity contribution in [2.45, 2.75) is 13.0 Å². The number of thiocarbonyl (C=S) groups is 1. The average molecular weight is 460 g/mol. The number of ether oxygens (including phenoxy) is 1. The van der Waals surface area contributed by atoms with Crippen LogP contribution in [0.4, 0.5) is 5.69 Å². The molecule has 0 radical (unpaired) electrons. The first-order valence-electron chi connectivity index (χ1n) is 10.4. The SMILES string of the molecule is COc1ccccc1C=CC(=O)NC(=S)Nc1ccccc1C(=O)NC(C)c1ccccc1. The van der Waals surface area contributed by atoms with Crippen LogP contribution in [0, 0.1) is 0 Å². The van der Waals surface area contributed by atoms with Crippen LogP contribution >= 0.6 is 12.2 Å². The molecule has 1 atom stereocenters. The minimum absolute atomic E-state index is 0.0843. The zero-order valence-corrected chi connectivity index (χ0v) is 19.2. The zero-order valence-electron chi connectivity index (χ0n) is 18.4. The molecular formula is C26H25N3O3S. The van der Waals surface area contributed by atoms with Gasteiger partial charge in [0.1, 0.15) is 5.75 Å². The van der Waals surface area contributed by atoms with Crippen molar-refractivity contribution in [3.05, 3.63) is 102 Å².